The second-order valence-electron chi connectivity index (χ2n) is 2.90. The predicted molar refractivity (Wildman–Crippen MR) is 48.8 cm³/mol. The van der Waals surface area contributed by atoms with Crippen LogP contribution in [0.5, 0.6) is 0 Å². The van der Waals surface area contributed by atoms with E-state index in [1.54, 1.807) is 21.1 Å². The van der Waals surface area contributed by atoms with Gasteiger partial charge in [0.2, 0.25) is 0 Å². The van der Waals surface area contributed by atoms with Gasteiger partial charge in [-0.25, -0.2) is 0 Å². The van der Waals surface area contributed by atoms with Crippen molar-refractivity contribution in [3.8, 4) is 0 Å². The van der Waals surface area contributed by atoms with Crippen molar-refractivity contribution in [2.75, 3.05) is 27.4 Å². The van der Waals surface area contributed by atoms with Crippen molar-refractivity contribution in [3.05, 3.63) is 0 Å². The minimum absolute atomic E-state index is 0.0206. The molecule has 0 bridgehead atoms. The molecule has 0 aromatic carbocycles. The lowest BCUT2D eigenvalue weighted by molar-refractivity contribution is -0.130. The van der Waals surface area contributed by atoms with Gasteiger partial charge in [0.15, 0.2) is 5.78 Å². The third kappa shape index (κ3) is 5.74. The summed E-state index contributed by atoms with van der Waals surface area (Å²) < 4.78 is 15.2. The first-order valence-corrected chi connectivity index (χ1v) is 4.25. The minimum atomic E-state index is -0.366. The van der Waals surface area contributed by atoms with E-state index < -0.39 is 0 Å². The van der Waals surface area contributed by atoms with Crippen LogP contribution in [0, 0.1) is 0 Å². The lowest BCUT2D eigenvalue weighted by Crippen LogP contribution is -2.28. The summed E-state index contributed by atoms with van der Waals surface area (Å²) in [6, 6.07) is 0. The molecule has 0 saturated heterocycles. The Morgan fingerprint density at radius 1 is 1.31 bits per heavy atom. The van der Waals surface area contributed by atoms with E-state index in [4.69, 9.17) is 14.2 Å². The lowest BCUT2D eigenvalue weighted by Gasteiger charge is -2.16. The van der Waals surface area contributed by atoms with Gasteiger partial charge in [-0.2, -0.15) is 0 Å². The molecule has 0 heterocycles. The molecule has 78 valence electrons. The second-order valence-corrected chi connectivity index (χ2v) is 2.90. The van der Waals surface area contributed by atoms with E-state index in [9.17, 15) is 4.79 Å². The smallest absolute Gasteiger partial charge is 0.158 e. The first kappa shape index (κ1) is 12.6. The Morgan fingerprint density at radius 3 is 2.31 bits per heavy atom. The molecule has 0 N–H and O–H groups in total. The average molecular weight is 190 g/mol. The molecule has 0 aliphatic rings. The topological polar surface area (TPSA) is 44.8 Å². The lowest BCUT2D eigenvalue weighted by atomic mass is 10.3. The number of carbonyl (C=O) groups excluding carboxylic acids is 1. The normalized spacial score (nSPS) is 15.4. The van der Waals surface area contributed by atoms with Gasteiger partial charge in [-0.05, 0) is 13.8 Å². The van der Waals surface area contributed by atoms with Gasteiger partial charge in [-0.3, -0.25) is 4.79 Å². The summed E-state index contributed by atoms with van der Waals surface area (Å²) >= 11 is 0. The van der Waals surface area contributed by atoms with Crippen LogP contribution in [0.1, 0.15) is 13.8 Å². The molecule has 4 nitrogen and oxygen atoms in total. The molecule has 13 heavy (non-hydrogen) atoms. The summed E-state index contributed by atoms with van der Waals surface area (Å²) in [6.45, 7) is 4.08. The highest BCUT2D eigenvalue weighted by molar-refractivity contribution is 5.79. The van der Waals surface area contributed by atoms with Gasteiger partial charge >= 0.3 is 0 Å². The Morgan fingerprint density at radius 2 is 1.92 bits per heavy atom. The maximum absolute atomic E-state index is 10.8. The van der Waals surface area contributed by atoms with Gasteiger partial charge in [0.1, 0.15) is 12.2 Å². The standard InChI is InChI=1S/C9H18O4/c1-7(10)8(2)13-6-9(12-4)5-11-3/h8-9H,5-6H2,1-4H3/t8-,9?/m1/s1. The van der Waals surface area contributed by atoms with E-state index in [1.165, 1.54) is 6.92 Å². The number of methoxy groups -OCH3 is 2. The number of hydrogen-bond donors (Lipinski definition) is 0. The molecule has 0 amide bonds. The van der Waals surface area contributed by atoms with E-state index in [1.807, 2.05) is 0 Å². The fourth-order valence-electron chi connectivity index (χ4n) is 0.739. The Labute approximate surface area is 79.2 Å². The zero-order valence-corrected chi connectivity index (χ0v) is 8.70. The van der Waals surface area contributed by atoms with Crippen molar-refractivity contribution < 1.29 is 19.0 Å². The van der Waals surface area contributed by atoms with Crippen LogP contribution in [0.15, 0.2) is 0 Å². The van der Waals surface area contributed by atoms with Gasteiger partial charge < -0.3 is 14.2 Å². The van der Waals surface area contributed by atoms with Crippen molar-refractivity contribution in [1.82, 2.24) is 0 Å². The van der Waals surface area contributed by atoms with Crippen molar-refractivity contribution >= 4 is 5.78 Å². The molecule has 0 aliphatic carbocycles. The van der Waals surface area contributed by atoms with Crippen LogP contribution in [0.3, 0.4) is 0 Å². The number of ketones is 1. The zero-order valence-electron chi connectivity index (χ0n) is 8.70. The number of carbonyl (C=O) groups is 1. The summed E-state index contributed by atoms with van der Waals surface area (Å²) in [5.41, 5.74) is 0. The van der Waals surface area contributed by atoms with E-state index in [-0.39, 0.29) is 18.0 Å². The van der Waals surface area contributed by atoms with Crippen molar-refractivity contribution in [3.63, 3.8) is 0 Å². The molecule has 2 atom stereocenters. The Kier molecular flexibility index (Phi) is 6.76. The highest BCUT2D eigenvalue weighted by Crippen LogP contribution is 1.97. The van der Waals surface area contributed by atoms with Crippen LogP contribution in [0.25, 0.3) is 0 Å². The maximum atomic E-state index is 10.8. The van der Waals surface area contributed by atoms with Crippen molar-refractivity contribution in [2.24, 2.45) is 0 Å². The molecule has 4 heteroatoms. The molecule has 0 radical (unpaired) electrons. The number of rotatable bonds is 7. The largest absolute Gasteiger partial charge is 0.382 e. The van der Waals surface area contributed by atoms with Crippen LogP contribution < -0.4 is 0 Å². The third-order valence-corrected chi connectivity index (χ3v) is 1.79. The summed E-state index contributed by atoms with van der Waals surface area (Å²) in [6.07, 6.45) is -0.471. The minimum Gasteiger partial charge on any atom is -0.382 e. The molecular weight excluding hydrogens is 172 g/mol. The van der Waals surface area contributed by atoms with Gasteiger partial charge in [-0.1, -0.05) is 0 Å². The molecule has 1 unspecified atom stereocenters. The van der Waals surface area contributed by atoms with E-state index in [0.29, 0.717) is 13.2 Å². The first-order chi connectivity index (χ1) is 6.11. The average Bonchev–Trinajstić information content (AvgIpc) is 2.11. The Bertz CT molecular complexity index is 147. The first-order valence-electron chi connectivity index (χ1n) is 4.25. The monoisotopic (exact) mass is 190 g/mol. The van der Waals surface area contributed by atoms with Crippen LogP contribution in [-0.4, -0.2) is 45.4 Å². The Hall–Kier alpha value is -0.450. The zero-order chi connectivity index (χ0) is 10.3. The van der Waals surface area contributed by atoms with E-state index >= 15 is 0 Å². The molecule has 0 fully saturated rings. The van der Waals surface area contributed by atoms with Gasteiger partial charge in [0.05, 0.1) is 13.2 Å². The molecule has 0 aromatic heterocycles. The van der Waals surface area contributed by atoms with E-state index in [0.717, 1.165) is 0 Å². The SMILES string of the molecule is COCC(CO[C@H](C)C(C)=O)OC. The fraction of sp³-hybridized carbons (Fsp3) is 0.889. The summed E-state index contributed by atoms with van der Waals surface area (Å²) in [5.74, 6) is 0.0206. The van der Waals surface area contributed by atoms with Crippen molar-refractivity contribution in [1.29, 1.82) is 0 Å². The molecule has 0 aliphatic heterocycles. The Balaban J connectivity index is 3.64. The maximum Gasteiger partial charge on any atom is 0.158 e. The van der Waals surface area contributed by atoms with Gasteiger partial charge in [0, 0.05) is 14.2 Å². The fourth-order valence-corrected chi connectivity index (χ4v) is 0.739. The molecular formula is C9H18O4. The van der Waals surface area contributed by atoms with Crippen LogP contribution in [0.2, 0.25) is 0 Å². The second kappa shape index (κ2) is 7.00. The van der Waals surface area contributed by atoms with E-state index in [2.05, 4.69) is 0 Å². The third-order valence-electron chi connectivity index (χ3n) is 1.79. The van der Waals surface area contributed by atoms with Gasteiger partial charge in [-0.15, -0.1) is 0 Å². The molecule has 0 saturated carbocycles. The quantitative estimate of drug-likeness (QED) is 0.591. The number of Topliss-reactive ketones (excluding diaryl/α,β-unsaturated/α-hetero) is 1. The number of ether oxygens (including phenoxy) is 3. The van der Waals surface area contributed by atoms with Crippen LogP contribution in [0.4, 0.5) is 0 Å². The van der Waals surface area contributed by atoms with Crippen LogP contribution in [-0.2, 0) is 19.0 Å². The summed E-state index contributed by atoms with van der Waals surface area (Å²) in [4.78, 5) is 10.8. The summed E-state index contributed by atoms with van der Waals surface area (Å²) in [7, 11) is 3.19. The number of hydrogen-bond acceptors (Lipinski definition) is 4. The van der Waals surface area contributed by atoms with Crippen molar-refractivity contribution in [2.45, 2.75) is 26.1 Å². The molecule has 0 spiro atoms. The van der Waals surface area contributed by atoms with Gasteiger partial charge in [0.25, 0.3) is 0 Å². The van der Waals surface area contributed by atoms with Crippen LogP contribution >= 0.6 is 0 Å². The highest BCUT2D eigenvalue weighted by atomic mass is 16.6. The summed E-state index contributed by atoms with van der Waals surface area (Å²) in [5, 5.41) is 0. The highest BCUT2D eigenvalue weighted by Gasteiger charge is 2.12. The molecule has 0 rings (SSSR count). The predicted octanol–water partition coefficient (Wildman–Crippen LogP) is 0.642. The molecule has 0 aromatic rings.